The number of anilines is 3. The standard InChI is InChI=1S/C17H15ClN6O3/c18-12-1-2-15(24(26)27)14(9-12)21-16-10-13(11-3-5-19-6-4-11)22-17(23-16)20-7-8-25/h1-6,9-10,25H,7-8H2,(H2,20,21,22,23). The number of nitrogens with zero attached hydrogens (tertiary/aromatic N) is 4. The Morgan fingerprint density at radius 2 is 1.93 bits per heavy atom. The van der Waals surface area contributed by atoms with Crippen LogP contribution in [0.4, 0.5) is 23.1 Å². The number of aliphatic hydroxyl groups is 1. The molecule has 0 amide bonds. The molecule has 0 aliphatic heterocycles. The summed E-state index contributed by atoms with van der Waals surface area (Å²) in [7, 11) is 0. The number of hydrogen-bond donors (Lipinski definition) is 3. The summed E-state index contributed by atoms with van der Waals surface area (Å²) in [6, 6.07) is 9.44. The molecule has 0 bridgehead atoms. The van der Waals surface area contributed by atoms with Gasteiger partial charge in [0.05, 0.1) is 17.2 Å². The molecule has 0 radical (unpaired) electrons. The summed E-state index contributed by atoms with van der Waals surface area (Å²) in [6.45, 7) is 0.169. The van der Waals surface area contributed by atoms with Crippen molar-refractivity contribution < 1.29 is 10.0 Å². The smallest absolute Gasteiger partial charge is 0.292 e. The second-order valence-electron chi connectivity index (χ2n) is 5.39. The van der Waals surface area contributed by atoms with Gasteiger partial charge in [-0.05, 0) is 24.3 Å². The van der Waals surface area contributed by atoms with Crippen molar-refractivity contribution in [1.29, 1.82) is 0 Å². The molecule has 2 aromatic heterocycles. The number of aliphatic hydroxyl groups excluding tert-OH is 1. The molecule has 27 heavy (non-hydrogen) atoms. The zero-order valence-corrected chi connectivity index (χ0v) is 14.7. The summed E-state index contributed by atoms with van der Waals surface area (Å²) in [5, 5.41) is 26.4. The minimum absolute atomic E-state index is 0.0919. The highest BCUT2D eigenvalue weighted by Gasteiger charge is 2.16. The van der Waals surface area contributed by atoms with Crippen LogP contribution in [-0.4, -0.2) is 38.1 Å². The molecule has 9 nitrogen and oxygen atoms in total. The fourth-order valence-corrected chi connectivity index (χ4v) is 2.51. The molecule has 0 unspecified atom stereocenters. The summed E-state index contributed by atoms with van der Waals surface area (Å²) in [5.41, 5.74) is 1.46. The van der Waals surface area contributed by atoms with Gasteiger partial charge < -0.3 is 15.7 Å². The summed E-state index contributed by atoms with van der Waals surface area (Å²) in [4.78, 5) is 23.4. The number of hydrogen-bond acceptors (Lipinski definition) is 8. The van der Waals surface area contributed by atoms with Gasteiger partial charge in [0.25, 0.3) is 5.69 Å². The molecule has 10 heteroatoms. The van der Waals surface area contributed by atoms with E-state index in [0.717, 1.165) is 5.56 Å². The molecule has 2 heterocycles. The molecule has 0 aliphatic rings. The highest BCUT2D eigenvalue weighted by molar-refractivity contribution is 6.31. The van der Waals surface area contributed by atoms with Crippen molar-refractivity contribution in [2.24, 2.45) is 0 Å². The first-order valence-corrected chi connectivity index (χ1v) is 8.30. The number of aromatic nitrogens is 3. The number of halogens is 1. The van der Waals surface area contributed by atoms with Crippen molar-refractivity contribution in [2.75, 3.05) is 23.8 Å². The molecule has 3 aromatic rings. The Hall–Kier alpha value is -3.30. The molecular formula is C17H15ClN6O3. The summed E-state index contributed by atoms with van der Waals surface area (Å²) < 4.78 is 0. The van der Waals surface area contributed by atoms with Gasteiger partial charge in [-0.2, -0.15) is 4.98 Å². The van der Waals surface area contributed by atoms with E-state index >= 15 is 0 Å². The van der Waals surface area contributed by atoms with E-state index in [0.29, 0.717) is 16.5 Å². The molecule has 0 saturated heterocycles. The molecule has 0 fully saturated rings. The minimum atomic E-state index is -0.505. The zero-order chi connectivity index (χ0) is 19.2. The Morgan fingerprint density at radius 3 is 2.63 bits per heavy atom. The third kappa shape index (κ3) is 4.66. The molecule has 0 saturated carbocycles. The van der Waals surface area contributed by atoms with E-state index in [2.05, 4.69) is 25.6 Å². The normalized spacial score (nSPS) is 10.4. The topological polar surface area (TPSA) is 126 Å². The average Bonchev–Trinajstić information content (AvgIpc) is 2.66. The Morgan fingerprint density at radius 1 is 1.15 bits per heavy atom. The van der Waals surface area contributed by atoms with Crippen molar-refractivity contribution in [3.63, 3.8) is 0 Å². The van der Waals surface area contributed by atoms with Crippen LogP contribution in [0.1, 0.15) is 0 Å². The van der Waals surface area contributed by atoms with Crippen LogP contribution in [0.3, 0.4) is 0 Å². The van der Waals surface area contributed by atoms with Crippen molar-refractivity contribution in [3.8, 4) is 11.3 Å². The van der Waals surface area contributed by atoms with E-state index in [9.17, 15) is 10.1 Å². The van der Waals surface area contributed by atoms with Crippen LogP contribution in [-0.2, 0) is 0 Å². The van der Waals surface area contributed by atoms with Crippen LogP contribution in [0.25, 0.3) is 11.3 Å². The van der Waals surface area contributed by atoms with Crippen LogP contribution in [0, 0.1) is 10.1 Å². The lowest BCUT2D eigenvalue weighted by Gasteiger charge is -2.11. The molecule has 1 aromatic carbocycles. The first-order chi connectivity index (χ1) is 13.1. The van der Waals surface area contributed by atoms with Gasteiger partial charge in [0.1, 0.15) is 11.5 Å². The maximum absolute atomic E-state index is 11.3. The third-order valence-corrected chi connectivity index (χ3v) is 3.75. The van der Waals surface area contributed by atoms with Crippen molar-refractivity contribution in [2.45, 2.75) is 0 Å². The van der Waals surface area contributed by atoms with Gasteiger partial charge >= 0.3 is 0 Å². The van der Waals surface area contributed by atoms with Crippen LogP contribution in [0.2, 0.25) is 5.02 Å². The van der Waals surface area contributed by atoms with E-state index < -0.39 is 4.92 Å². The molecule has 3 N–H and O–H groups in total. The maximum Gasteiger partial charge on any atom is 0.292 e. The molecular weight excluding hydrogens is 372 g/mol. The predicted octanol–water partition coefficient (Wildman–Crippen LogP) is 3.25. The SMILES string of the molecule is O=[N+]([O-])c1ccc(Cl)cc1Nc1cc(-c2ccncc2)nc(NCCO)n1. The van der Waals surface area contributed by atoms with E-state index in [-0.39, 0.29) is 30.5 Å². The van der Waals surface area contributed by atoms with Crippen LogP contribution >= 0.6 is 11.6 Å². The second kappa shape index (κ2) is 8.39. The quantitative estimate of drug-likeness (QED) is 0.417. The van der Waals surface area contributed by atoms with Gasteiger partial charge in [-0.15, -0.1) is 0 Å². The first-order valence-electron chi connectivity index (χ1n) is 7.92. The van der Waals surface area contributed by atoms with E-state index in [1.165, 1.54) is 18.2 Å². The van der Waals surface area contributed by atoms with Gasteiger partial charge in [0.15, 0.2) is 0 Å². The van der Waals surface area contributed by atoms with Crippen LogP contribution in [0.15, 0.2) is 48.8 Å². The third-order valence-electron chi connectivity index (χ3n) is 3.52. The maximum atomic E-state index is 11.3. The number of nitro benzene ring substituents is 1. The summed E-state index contributed by atoms with van der Waals surface area (Å²) in [6.07, 6.45) is 3.26. The average molecular weight is 387 g/mol. The van der Waals surface area contributed by atoms with Crippen molar-refractivity contribution in [3.05, 3.63) is 63.9 Å². The molecule has 138 valence electrons. The number of nitro groups is 1. The fourth-order valence-electron chi connectivity index (χ4n) is 2.33. The summed E-state index contributed by atoms with van der Waals surface area (Å²) >= 11 is 5.97. The second-order valence-corrected chi connectivity index (χ2v) is 5.83. The summed E-state index contributed by atoms with van der Waals surface area (Å²) in [5.74, 6) is 0.605. The lowest BCUT2D eigenvalue weighted by atomic mass is 10.2. The van der Waals surface area contributed by atoms with Crippen LogP contribution < -0.4 is 10.6 Å². The van der Waals surface area contributed by atoms with Gasteiger partial charge in [-0.1, -0.05) is 11.6 Å². The van der Waals surface area contributed by atoms with Gasteiger partial charge in [0, 0.05) is 41.7 Å². The molecule has 3 rings (SSSR count). The van der Waals surface area contributed by atoms with Gasteiger partial charge in [-0.25, -0.2) is 4.98 Å². The zero-order valence-electron chi connectivity index (χ0n) is 14.0. The Balaban J connectivity index is 2.02. The number of nitrogens with one attached hydrogen (secondary N) is 2. The Kier molecular flexibility index (Phi) is 5.74. The van der Waals surface area contributed by atoms with Gasteiger partial charge in [0.2, 0.25) is 5.95 Å². The predicted molar refractivity (Wildman–Crippen MR) is 102 cm³/mol. The number of benzene rings is 1. The van der Waals surface area contributed by atoms with Crippen molar-refractivity contribution >= 4 is 34.7 Å². The van der Waals surface area contributed by atoms with E-state index in [1.54, 1.807) is 30.6 Å². The van der Waals surface area contributed by atoms with Crippen LogP contribution in [0.5, 0.6) is 0 Å². The van der Waals surface area contributed by atoms with E-state index in [4.69, 9.17) is 16.7 Å². The highest BCUT2D eigenvalue weighted by atomic mass is 35.5. The molecule has 0 spiro atoms. The fraction of sp³-hybridized carbons (Fsp3) is 0.118. The number of rotatable bonds is 7. The Labute approximate surface area is 159 Å². The monoisotopic (exact) mass is 386 g/mol. The first kappa shape index (κ1) is 18.5. The van der Waals surface area contributed by atoms with Gasteiger partial charge in [-0.3, -0.25) is 15.1 Å². The molecule has 0 aliphatic carbocycles. The number of pyridine rings is 1. The minimum Gasteiger partial charge on any atom is -0.395 e. The highest BCUT2D eigenvalue weighted by Crippen LogP contribution is 2.31. The largest absolute Gasteiger partial charge is 0.395 e. The lowest BCUT2D eigenvalue weighted by molar-refractivity contribution is -0.383. The van der Waals surface area contributed by atoms with Crippen molar-refractivity contribution in [1.82, 2.24) is 15.0 Å². The lowest BCUT2D eigenvalue weighted by Crippen LogP contribution is -2.10. The van der Waals surface area contributed by atoms with E-state index in [1.807, 2.05) is 0 Å². The Bertz CT molecular complexity index is 955. The molecule has 0 atom stereocenters.